The number of nitrogens with zero attached hydrogens (tertiary/aromatic N) is 3. The number of amides is 1. The highest BCUT2D eigenvalue weighted by Gasteiger charge is 2.14. The second kappa shape index (κ2) is 8.19. The highest BCUT2D eigenvalue weighted by atomic mass is 79.9. The zero-order valence-electron chi connectivity index (χ0n) is 13.2. The maximum Gasteiger partial charge on any atom is 0.227 e. The standard InChI is InChI=1S/C16H19BrFN3O2/c1-3-4-14-19-15(23-20-14)7-8-16(22)21(2)10-11-9-12(17)5-6-13(11)18/h5-6,9H,3-4,7-8,10H2,1-2H3. The average Bonchev–Trinajstić information content (AvgIpc) is 2.96. The molecule has 1 heterocycles. The van der Waals surface area contributed by atoms with E-state index in [1.165, 1.54) is 11.0 Å². The van der Waals surface area contributed by atoms with Gasteiger partial charge in [-0.15, -0.1) is 0 Å². The van der Waals surface area contributed by atoms with Crippen molar-refractivity contribution in [3.8, 4) is 0 Å². The monoisotopic (exact) mass is 383 g/mol. The Kier molecular flexibility index (Phi) is 6.27. The normalized spacial score (nSPS) is 10.8. The number of aryl methyl sites for hydroxylation is 2. The molecule has 7 heteroatoms. The van der Waals surface area contributed by atoms with Gasteiger partial charge in [-0.1, -0.05) is 28.0 Å². The first-order valence-corrected chi connectivity index (χ1v) is 8.28. The van der Waals surface area contributed by atoms with Crippen molar-refractivity contribution in [2.45, 2.75) is 39.2 Å². The Morgan fingerprint density at radius 2 is 2.17 bits per heavy atom. The van der Waals surface area contributed by atoms with Gasteiger partial charge in [0.15, 0.2) is 5.82 Å². The average molecular weight is 384 g/mol. The van der Waals surface area contributed by atoms with Crippen molar-refractivity contribution in [2.75, 3.05) is 7.05 Å². The molecular weight excluding hydrogens is 365 g/mol. The minimum absolute atomic E-state index is 0.0976. The van der Waals surface area contributed by atoms with Crippen LogP contribution in [0.2, 0.25) is 0 Å². The first-order chi connectivity index (χ1) is 11.0. The van der Waals surface area contributed by atoms with E-state index in [2.05, 4.69) is 26.1 Å². The van der Waals surface area contributed by atoms with Crippen LogP contribution >= 0.6 is 15.9 Å². The van der Waals surface area contributed by atoms with Crippen LogP contribution in [0.3, 0.4) is 0 Å². The van der Waals surface area contributed by atoms with Crippen LogP contribution in [0.1, 0.15) is 37.0 Å². The molecule has 1 amide bonds. The van der Waals surface area contributed by atoms with Crippen molar-refractivity contribution in [1.82, 2.24) is 15.0 Å². The van der Waals surface area contributed by atoms with E-state index in [1.54, 1.807) is 19.2 Å². The Morgan fingerprint density at radius 1 is 1.39 bits per heavy atom. The van der Waals surface area contributed by atoms with E-state index in [-0.39, 0.29) is 24.7 Å². The van der Waals surface area contributed by atoms with Gasteiger partial charge in [-0.25, -0.2) is 4.39 Å². The van der Waals surface area contributed by atoms with Gasteiger partial charge in [0.2, 0.25) is 11.8 Å². The quantitative estimate of drug-likeness (QED) is 0.733. The summed E-state index contributed by atoms with van der Waals surface area (Å²) in [4.78, 5) is 17.9. The van der Waals surface area contributed by atoms with Gasteiger partial charge in [-0.2, -0.15) is 4.98 Å². The van der Waals surface area contributed by atoms with Crippen molar-refractivity contribution in [3.05, 3.63) is 45.8 Å². The van der Waals surface area contributed by atoms with Crippen LogP contribution in [0.15, 0.2) is 27.2 Å². The highest BCUT2D eigenvalue weighted by molar-refractivity contribution is 9.10. The molecule has 0 bridgehead atoms. The van der Waals surface area contributed by atoms with E-state index in [4.69, 9.17) is 4.52 Å². The molecule has 0 fully saturated rings. The summed E-state index contributed by atoms with van der Waals surface area (Å²) in [5.41, 5.74) is 0.471. The van der Waals surface area contributed by atoms with Crippen molar-refractivity contribution >= 4 is 21.8 Å². The molecule has 5 nitrogen and oxygen atoms in total. The first-order valence-electron chi connectivity index (χ1n) is 7.49. The van der Waals surface area contributed by atoms with Gasteiger partial charge in [-0.3, -0.25) is 4.79 Å². The summed E-state index contributed by atoms with van der Waals surface area (Å²) in [6, 6.07) is 4.68. The Labute approximate surface area is 143 Å². The highest BCUT2D eigenvalue weighted by Crippen LogP contribution is 2.17. The van der Waals surface area contributed by atoms with Gasteiger partial charge in [0.25, 0.3) is 0 Å². The molecule has 0 saturated carbocycles. The van der Waals surface area contributed by atoms with E-state index < -0.39 is 0 Å². The van der Waals surface area contributed by atoms with E-state index in [9.17, 15) is 9.18 Å². The number of aromatic nitrogens is 2. The van der Waals surface area contributed by atoms with Crippen molar-refractivity contribution < 1.29 is 13.7 Å². The second-order valence-corrected chi connectivity index (χ2v) is 6.26. The lowest BCUT2D eigenvalue weighted by Gasteiger charge is -2.17. The summed E-state index contributed by atoms with van der Waals surface area (Å²) in [7, 11) is 1.65. The molecule has 2 rings (SSSR count). The molecule has 1 aromatic carbocycles. The molecule has 0 atom stereocenters. The fourth-order valence-electron chi connectivity index (χ4n) is 2.13. The third kappa shape index (κ3) is 5.13. The molecule has 124 valence electrons. The Bertz CT molecular complexity index is 675. The summed E-state index contributed by atoms with van der Waals surface area (Å²) >= 11 is 3.30. The van der Waals surface area contributed by atoms with E-state index in [1.807, 2.05) is 6.92 Å². The van der Waals surface area contributed by atoms with Crippen molar-refractivity contribution in [2.24, 2.45) is 0 Å². The topological polar surface area (TPSA) is 59.2 Å². The van der Waals surface area contributed by atoms with Crippen LogP contribution < -0.4 is 0 Å². The molecule has 0 N–H and O–H groups in total. The molecule has 2 aromatic rings. The smallest absolute Gasteiger partial charge is 0.227 e. The van der Waals surface area contributed by atoms with Gasteiger partial charge in [0.1, 0.15) is 5.82 Å². The van der Waals surface area contributed by atoms with E-state index >= 15 is 0 Å². The Balaban J connectivity index is 1.88. The number of rotatable bonds is 7. The van der Waals surface area contributed by atoms with E-state index in [0.29, 0.717) is 23.7 Å². The van der Waals surface area contributed by atoms with Crippen LogP contribution in [0, 0.1) is 5.82 Å². The predicted molar refractivity (Wildman–Crippen MR) is 87.2 cm³/mol. The van der Waals surface area contributed by atoms with Crippen LogP contribution in [-0.4, -0.2) is 28.0 Å². The summed E-state index contributed by atoms with van der Waals surface area (Å²) in [6.45, 7) is 2.25. The number of halogens is 2. The number of hydrogen-bond acceptors (Lipinski definition) is 4. The third-order valence-corrected chi connectivity index (χ3v) is 3.87. The minimum atomic E-state index is -0.325. The van der Waals surface area contributed by atoms with Crippen LogP contribution in [0.4, 0.5) is 4.39 Å². The Morgan fingerprint density at radius 3 is 2.91 bits per heavy atom. The van der Waals surface area contributed by atoms with Gasteiger partial charge in [0.05, 0.1) is 0 Å². The molecule has 0 radical (unpaired) electrons. The number of benzene rings is 1. The lowest BCUT2D eigenvalue weighted by molar-refractivity contribution is -0.130. The maximum absolute atomic E-state index is 13.7. The molecule has 0 aliphatic carbocycles. The zero-order valence-corrected chi connectivity index (χ0v) is 14.8. The van der Waals surface area contributed by atoms with Crippen LogP contribution in [0.5, 0.6) is 0 Å². The van der Waals surface area contributed by atoms with Gasteiger partial charge in [0, 0.05) is 42.9 Å². The number of carbonyl (C=O) groups excluding carboxylic acids is 1. The first kappa shape index (κ1) is 17.6. The molecule has 0 spiro atoms. The van der Waals surface area contributed by atoms with Crippen LogP contribution in [-0.2, 0) is 24.2 Å². The fourth-order valence-corrected chi connectivity index (χ4v) is 2.54. The maximum atomic E-state index is 13.7. The van der Waals surface area contributed by atoms with Crippen molar-refractivity contribution in [3.63, 3.8) is 0 Å². The Hall–Kier alpha value is -1.76. The van der Waals surface area contributed by atoms with Gasteiger partial charge < -0.3 is 9.42 Å². The molecule has 0 aliphatic heterocycles. The summed E-state index contributed by atoms with van der Waals surface area (Å²) in [6.07, 6.45) is 2.35. The fraction of sp³-hybridized carbons (Fsp3) is 0.438. The third-order valence-electron chi connectivity index (χ3n) is 3.38. The summed E-state index contributed by atoms with van der Waals surface area (Å²) in [5, 5.41) is 3.85. The lowest BCUT2D eigenvalue weighted by Crippen LogP contribution is -2.26. The number of hydrogen-bond donors (Lipinski definition) is 0. The van der Waals surface area contributed by atoms with Crippen LogP contribution in [0.25, 0.3) is 0 Å². The molecule has 0 saturated heterocycles. The largest absolute Gasteiger partial charge is 0.341 e. The lowest BCUT2D eigenvalue weighted by atomic mass is 10.2. The van der Waals surface area contributed by atoms with Crippen molar-refractivity contribution in [1.29, 1.82) is 0 Å². The number of carbonyl (C=O) groups is 1. The predicted octanol–water partition coefficient (Wildman–Crippen LogP) is 3.51. The van der Waals surface area contributed by atoms with Gasteiger partial charge in [-0.05, 0) is 24.6 Å². The molecule has 23 heavy (non-hydrogen) atoms. The molecule has 0 unspecified atom stereocenters. The summed E-state index contributed by atoms with van der Waals surface area (Å²) in [5.74, 6) is 0.705. The summed E-state index contributed by atoms with van der Waals surface area (Å²) < 4.78 is 19.6. The second-order valence-electron chi connectivity index (χ2n) is 5.34. The zero-order chi connectivity index (χ0) is 16.8. The molecule has 1 aromatic heterocycles. The minimum Gasteiger partial charge on any atom is -0.341 e. The SMILES string of the molecule is CCCc1noc(CCC(=O)N(C)Cc2cc(Br)ccc2F)n1. The van der Waals surface area contributed by atoms with Gasteiger partial charge >= 0.3 is 0 Å². The molecular formula is C16H19BrFN3O2. The molecule has 0 aliphatic rings. The van der Waals surface area contributed by atoms with E-state index in [0.717, 1.165) is 17.3 Å².